The molecule has 1 aromatic heterocycles. The fourth-order valence-corrected chi connectivity index (χ4v) is 2.80. The van der Waals surface area contributed by atoms with Gasteiger partial charge in [0, 0.05) is 37.6 Å². The lowest BCUT2D eigenvalue weighted by Crippen LogP contribution is -2.22. The van der Waals surface area contributed by atoms with Gasteiger partial charge in [0.15, 0.2) is 5.13 Å². The van der Waals surface area contributed by atoms with E-state index in [1.165, 1.54) is 18.3 Å². The molecule has 23 heavy (non-hydrogen) atoms. The van der Waals surface area contributed by atoms with E-state index in [0.717, 1.165) is 16.9 Å². The number of rotatable bonds is 5. The van der Waals surface area contributed by atoms with Crippen LogP contribution in [0.5, 0.6) is 0 Å². The number of nitrogens with one attached hydrogen (secondary N) is 2. The molecule has 2 amide bonds. The second-order valence-electron chi connectivity index (χ2n) is 5.41. The average Bonchev–Trinajstić information content (AvgIpc) is 2.91. The number of aryl methyl sites for hydroxylation is 1. The number of thiazole rings is 1. The normalized spacial score (nSPS) is 10.3. The number of nitrogens with zero attached hydrogens (tertiary/aromatic N) is 2. The molecule has 2 N–H and O–H groups in total. The first-order chi connectivity index (χ1) is 10.9. The van der Waals surface area contributed by atoms with Crippen molar-refractivity contribution in [3.8, 4) is 0 Å². The minimum Gasteiger partial charge on any atom is -0.379 e. The summed E-state index contributed by atoms with van der Waals surface area (Å²) < 4.78 is 0. The Balaban J connectivity index is 2.01. The summed E-state index contributed by atoms with van der Waals surface area (Å²) in [5.74, 6) is -0.135. The summed E-state index contributed by atoms with van der Waals surface area (Å²) in [6.45, 7) is 3.93. The van der Waals surface area contributed by atoms with Crippen molar-refractivity contribution in [1.29, 1.82) is 0 Å². The van der Waals surface area contributed by atoms with Gasteiger partial charge in [-0.15, -0.1) is 11.3 Å². The number of aromatic nitrogens is 1. The lowest BCUT2D eigenvalue weighted by atomic mass is 10.1. The van der Waals surface area contributed by atoms with E-state index in [1.807, 2.05) is 30.5 Å². The summed E-state index contributed by atoms with van der Waals surface area (Å²) in [5, 5.41) is 8.42. The van der Waals surface area contributed by atoms with Crippen LogP contribution in [-0.4, -0.2) is 35.8 Å². The molecule has 1 aromatic carbocycles. The van der Waals surface area contributed by atoms with Gasteiger partial charge in [-0.05, 0) is 30.7 Å². The van der Waals surface area contributed by atoms with Crippen LogP contribution in [0.2, 0.25) is 0 Å². The summed E-state index contributed by atoms with van der Waals surface area (Å²) in [7, 11) is 3.48. The Kier molecular flexibility index (Phi) is 5.33. The van der Waals surface area contributed by atoms with E-state index in [0.29, 0.717) is 17.2 Å². The standard InChI is InChI=1S/C16H20N4O2S/c1-10-7-12(5-6-14(10)15(22)20(3)4)17-8-13-9-23-16(19-13)18-11(2)21/h5-7,9,17H,8H2,1-4H3,(H,18,19,21). The van der Waals surface area contributed by atoms with E-state index in [9.17, 15) is 9.59 Å². The van der Waals surface area contributed by atoms with Gasteiger partial charge in [0.25, 0.3) is 5.91 Å². The fourth-order valence-electron chi connectivity index (χ4n) is 2.04. The molecule has 7 heteroatoms. The van der Waals surface area contributed by atoms with Gasteiger partial charge < -0.3 is 15.5 Å². The molecule has 0 fully saturated rings. The Hall–Kier alpha value is -2.41. The minimum atomic E-state index is -0.129. The van der Waals surface area contributed by atoms with Crippen LogP contribution < -0.4 is 10.6 Å². The molecular weight excluding hydrogens is 312 g/mol. The number of amides is 2. The maximum atomic E-state index is 12.0. The molecule has 0 saturated heterocycles. The highest BCUT2D eigenvalue weighted by Gasteiger charge is 2.11. The number of anilines is 2. The number of carbonyl (C=O) groups excluding carboxylic acids is 2. The molecule has 0 aliphatic carbocycles. The maximum absolute atomic E-state index is 12.0. The van der Waals surface area contributed by atoms with Gasteiger partial charge in [-0.2, -0.15) is 0 Å². The van der Waals surface area contributed by atoms with Crippen LogP contribution in [0.25, 0.3) is 0 Å². The Morgan fingerprint density at radius 2 is 2.04 bits per heavy atom. The van der Waals surface area contributed by atoms with E-state index < -0.39 is 0 Å². The Morgan fingerprint density at radius 1 is 1.30 bits per heavy atom. The van der Waals surface area contributed by atoms with Gasteiger partial charge >= 0.3 is 0 Å². The predicted molar refractivity (Wildman–Crippen MR) is 92.9 cm³/mol. The van der Waals surface area contributed by atoms with Gasteiger partial charge in [0.1, 0.15) is 0 Å². The summed E-state index contributed by atoms with van der Waals surface area (Å²) in [6.07, 6.45) is 0. The number of hydrogen-bond acceptors (Lipinski definition) is 5. The third-order valence-corrected chi connectivity index (χ3v) is 3.98. The third-order valence-electron chi connectivity index (χ3n) is 3.17. The van der Waals surface area contributed by atoms with Crippen LogP contribution in [0.4, 0.5) is 10.8 Å². The van der Waals surface area contributed by atoms with Crippen LogP contribution in [0.1, 0.15) is 28.5 Å². The molecular formula is C16H20N4O2S. The summed E-state index contributed by atoms with van der Waals surface area (Å²) >= 11 is 1.39. The number of hydrogen-bond donors (Lipinski definition) is 2. The van der Waals surface area contributed by atoms with Crippen molar-refractivity contribution >= 4 is 34.0 Å². The molecule has 0 bridgehead atoms. The highest BCUT2D eigenvalue weighted by molar-refractivity contribution is 7.13. The van der Waals surface area contributed by atoms with Crippen LogP contribution in [0.15, 0.2) is 23.6 Å². The van der Waals surface area contributed by atoms with Crippen molar-refractivity contribution in [3.63, 3.8) is 0 Å². The molecule has 2 rings (SSSR count). The zero-order valence-corrected chi connectivity index (χ0v) is 14.5. The molecule has 0 radical (unpaired) electrons. The predicted octanol–water partition coefficient (Wildman–Crippen LogP) is 2.72. The molecule has 0 atom stereocenters. The van der Waals surface area contributed by atoms with E-state index in [-0.39, 0.29) is 11.8 Å². The second-order valence-corrected chi connectivity index (χ2v) is 6.27. The Morgan fingerprint density at radius 3 is 2.65 bits per heavy atom. The van der Waals surface area contributed by atoms with Crippen LogP contribution in [0.3, 0.4) is 0 Å². The summed E-state index contributed by atoms with van der Waals surface area (Å²) in [4.78, 5) is 28.9. The summed E-state index contributed by atoms with van der Waals surface area (Å²) in [6, 6.07) is 5.65. The largest absolute Gasteiger partial charge is 0.379 e. The van der Waals surface area contributed by atoms with Crippen molar-refractivity contribution in [2.45, 2.75) is 20.4 Å². The summed E-state index contributed by atoms with van der Waals surface area (Å²) in [5.41, 5.74) is 3.39. The van der Waals surface area contributed by atoms with E-state index in [1.54, 1.807) is 19.0 Å². The highest BCUT2D eigenvalue weighted by Crippen LogP contribution is 2.19. The van der Waals surface area contributed by atoms with Crippen LogP contribution >= 0.6 is 11.3 Å². The second kappa shape index (κ2) is 7.23. The molecule has 1 heterocycles. The van der Waals surface area contributed by atoms with Gasteiger partial charge in [-0.1, -0.05) is 0 Å². The highest BCUT2D eigenvalue weighted by atomic mass is 32.1. The fraction of sp³-hybridized carbons (Fsp3) is 0.312. The van der Waals surface area contributed by atoms with Gasteiger partial charge in [0.05, 0.1) is 12.2 Å². The van der Waals surface area contributed by atoms with Crippen molar-refractivity contribution in [1.82, 2.24) is 9.88 Å². The smallest absolute Gasteiger partial charge is 0.253 e. The van der Waals surface area contributed by atoms with E-state index in [4.69, 9.17) is 0 Å². The SMILES string of the molecule is CC(=O)Nc1nc(CNc2ccc(C(=O)N(C)C)c(C)c2)cs1. The van der Waals surface area contributed by atoms with Crippen molar-refractivity contribution in [2.75, 3.05) is 24.7 Å². The van der Waals surface area contributed by atoms with Crippen molar-refractivity contribution in [2.24, 2.45) is 0 Å². The lowest BCUT2D eigenvalue weighted by Gasteiger charge is -2.13. The number of benzene rings is 1. The molecule has 6 nitrogen and oxygen atoms in total. The molecule has 122 valence electrons. The lowest BCUT2D eigenvalue weighted by molar-refractivity contribution is -0.114. The quantitative estimate of drug-likeness (QED) is 0.883. The molecule has 0 aliphatic heterocycles. The molecule has 0 spiro atoms. The van der Waals surface area contributed by atoms with Crippen molar-refractivity contribution in [3.05, 3.63) is 40.4 Å². The molecule has 2 aromatic rings. The van der Waals surface area contributed by atoms with E-state index in [2.05, 4.69) is 15.6 Å². The molecule has 0 aliphatic rings. The Bertz CT molecular complexity index is 725. The monoisotopic (exact) mass is 332 g/mol. The topological polar surface area (TPSA) is 74.3 Å². The molecule has 0 saturated carbocycles. The van der Waals surface area contributed by atoms with Crippen LogP contribution in [-0.2, 0) is 11.3 Å². The van der Waals surface area contributed by atoms with Crippen molar-refractivity contribution < 1.29 is 9.59 Å². The van der Waals surface area contributed by atoms with E-state index >= 15 is 0 Å². The third kappa shape index (κ3) is 4.53. The first-order valence-electron chi connectivity index (χ1n) is 7.15. The average molecular weight is 332 g/mol. The first-order valence-corrected chi connectivity index (χ1v) is 8.03. The number of carbonyl (C=O) groups is 2. The molecule has 0 unspecified atom stereocenters. The Labute approximate surface area is 139 Å². The van der Waals surface area contributed by atoms with Gasteiger partial charge in [-0.3, -0.25) is 9.59 Å². The minimum absolute atomic E-state index is 0.00602. The van der Waals surface area contributed by atoms with Gasteiger partial charge in [0.2, 0.25) is 5.91 Å². The zero-order chi connectivity index (χ0) is 17.0. The van der Waals surface area contributed by atoms with Gasteiger partial charge in [-0.25, -0.2) is 4.98 Å². The zero-order valence-electron chi connectivity index (χ0n) is 13.6. The van der Waals surface area contributed by atoms with Crippen LogP contribution in [0, 0.1) is 6.92 Å². The first kappa shape index (κ1) is 17.0. The maximum Gasteiger partial charge on any atom is 0.253 e.